The molecule has 0 atom stereocenters. The minimum atomic E-state index is -0.540. The van der Waals surface area contributed by atoms with Gasteiger partial charge >= 0.3 is 6.09 Å². The van der Waals surface area contributed by atoms with Gasteiger partial charge in [0.1, 0.15) is 11.9 Å². The molecule has 1 aromatic heterocycles. The van der Waals surface area contributed by atoms with Crippen LogP contribution < -0.4 is 5.32 Å². The van der Waals surface area contributed by atoms with E-state index in [0.717, 1.165) is 0 Å². The Morgan fingerprint density at radius 3 is 2.81 bits per heavy atom. The largest absolute Gasteiger partial charge is 0.444 e. The minimum absolute atomic E-state index is 0.0130. The molecule has 0 saturated heterocycles. The topological polar surface area (TPSA) is 81.4 Å². The van der Waals surface area contributed by atoms with Crippen LogP contribution in [0.3, 0.4) is 0 Å². The van der Waals surface area contributed by atoms with Gasteiger partial charge < -0.3 is 14.5 Å². The quantitative estimate of drug-likeness (QED) is 0.790. The first-order valence-corrected chi connectivity index (χ1v) is 4.77. The molecule has 0 radical (unpaired) electrons. The van der Waals surface area contributed by atoms with Gasteiger partial charge in [-0.1, -0.05) is 0 Å². The predicted molar refractivity (Wildman–Crippen MR) is 55.0 cm³/mol. The van der Waals surface area contributed by atoms with Crippen molar-refractivity contribution in [1.29, 1.82) is 0 Å². The maximum atomic E-state index is 11.2. The number of rotatable bonds is 3. The van der Waals surface area contributed by atoms with Crippen LogP contribution in [0.5, 0.6) is 0 Å². The van der Waals surface area contributed by atoms with Crippen molar-refractivity contribution in [3.05, 3.63) is 17.8 Å². The van der Waals surface area contributed by atoms with Crippen LogP contribution in [0.2, 0.25) is 0 Å². The SMILES string of the molecule is CC(C)(C)OC(=O)NCc1coc(C=O)n1. The second-order valence-corrected chi connectivity index (χ2v) is 4.15. The molecule has 0 spiro atoms. The van der Waals surface area contributed by atoms with Gasteiger partial charge in [0.2, 0.25) is 6.29 Å². The van der Waals surface area contributed by atoms with Crippen LogP contribution in [0.4, 0.5) is 4.79 Å². The Kier molecular flexibility index (Phi) is 3.65. The van der Waals surface area contributed by atoms with E-state index in [1.807, 2.05) is 0 Å². The van der Waals surface area contributed by atoms with Crippen LogP contribution in [0.1, 0.15) is 37.2 Å². The van der Waals surface area contributed by atoms with E-state index in [4.69, 9.17) is 9.15 Å². The molecular formula is C10H14N2O4. The zero-order valence-electron chi connectivity index (χ0n) is 9.44. The van der Waals surface area contributed by atoms with E-state index in [0.29, 0.717) is 12.0 Å². The van der Waals surface area contributed by atoms with Gasteiger partial charge in [0.25, 0.3) is 5.89 Å². The van der Waals surface area contributed by atoms with Crippen molar-refractivity contribution in [2.45, 2.75) is 32.9 Å². The fraction of sp³-hybridized carbons (Fsp3) is 0.500. The number of hydrogen-bond donors (Lipinski definition) is 1. The summed E-state index contributed by atoms with van der Waals surface area (Å²) >= 11 is 0. The van der Waals surface area contributed by atoms with Gasteiger partial charge in [-0.15, -0.1) is 0 Å². The molecule has 0 fully saturated rings. The van der Waals surface area contributed by atoms with E-state index < -0.39 is 11.7 Å². The number of nitrogens with one attached hydrogen (secondary N) is 1. The van der Waals surface area contributed by atoms with Crippen molar-refractivity contribution in [1.82, 2.24) is 10.3 Å². The lowest BCUT2D eigenvalue weighted by Gasteiger charge is -2.19. The Balaban J connectivity index is 2.40. The Morgan fingerprint density at radius 1 is 1.62 bits per heavy atom. The molecule has 88 valence electrons. The maximum Gasteiger partial charge on any atom is 0.407 e. The van der Waals surface area contributed by atoms with Crippen LogP contribution >= 0.6 is 0 Å². The van der Waals surface area contributed by atoms with E-state index in [-0.39, 0.29) is 12.4 Å². The Morgan fingerprint density at radius 2 is 2.31 bits per heavy atom. The summed E-state index contributed by atoms with van der Waals surface area (Å²) < 4.78 is 9.79. The Hall–Kier alpha value is -1.85. The van der Waals surface area contributed by atoms with Crippen LogP contribution in [-0.2, 0) is 11.3 Å². The maximum absolute atomic E-state index is 11.2. The second-order valence-electron chi connectivity index (χ2n) is 4.15. The van der Waals surface area contributed by atoms with Crippen LogP contribution in [0.15, 0.2) is 10.7 Å². The Labute approximate surface area is 93.0 Å². The molecule has 0 aromatic carbocycles. The molecule has 0 aliphatic heterocycles. The first kappa shape index (κ1) is 12.2. The molecule has 0 bridgehead atoms. The van der Waals surface area contributed by atoms with Crippen molar-refractivity contribution < 1.29 is 18.7 Å². The van der Waals surface area contributed by atoms with Gasteiger partial charge in [0, 0.05) is 0 Å². The van der Waals surface area contributed by atoms with E-state index in [9.17, 15) is 9.59 Å². The molecule has 1 heterocycles. The fourth-order valence-electron chi connectivity index (χ4n) is 0.935. The van der Waals surface area contributed by atoms with Crippen molar-refractivity contribution in [2.24, 2.45) is 0 Å². The summed E-state index contributed by atoms with van der Waals surface area (Å²) in [6.45, 7) is 5.47. The molecule has 1 N–H and O–H groups in total. The number of aldehydes is 1. The van der Waals surface area contributed by atoms with Crippen molar-refractivity contribution in [2.75, 3.05) is 0 Å². The molecule has 0 saturated carbocycles. The number of aromatic nitrogens is 1. The number of carbonyl (C=O) groups excluding carboxylic acids is 2. The van der Waals surface area contributed by atoms with Gasteiger partial charge in [-0.2, -0.15) is 0 Å². The number of amides is 1. The summed E-state index contributed by atoms with van der Waals surface area (Å²) in [5, 5.41) is 2.49. The highest BCUT2D eigenvalue weighted by Gasteiger charge is 2.16. The molecule has 0 aliphatic carbocycles. The molecule has 6 nitrogen and oxygen atoms in total. The van der Waals surface area contributed by atoms with E-state index >= 15 is 0 Å². The lowest BCUT2D eigenvalue weighted by molar-refractivity contribution is 0.0523. The highest BCUT2D eigenvalue weighted by atomic mass is 16.6. The smallest absolute Gasteiger partial charge is 0.407 e. The molecule has 6 heteroatoms. The molecule has 1 amide bonds. The highest BCUT2D eigenvalue weighted by molar-refractivity contribution is 5.68. The van der Waals surface area contributed by atoms with Gasteiger partial charge in [0.05, 0.1) is 12.2 Å². The highest BCUT2D eigenvalue weighted by Crippen LogP contribution is 2.07. The van der Waals surface area contributed by atoms with Crippen molar-refractivity contribution in [3.63, 3.8) is 0 Å². The second kappa shape index (κ2) is 4.78. The summed E-state index contributed by atoms with van der Waals surface area (Å²) in [6.07, 6.45) is 1.26. The van der Waals surface area contributed by atoms with Gasteiger partial charge in [-0.3, -0.25) is 4.79 Å². The van der Waals surface area contributed by atoms with Gasteiger partial charge in [-0.25, -0.2) is 9.78 Å². The first-order valence-electron chi connectivity index (χ1n) is 4.77. The molecule has 1 aromatic rings. The van der Waals surface area contributed by atoms with Crippen LogP contribution in [0.25, 0.3) is 0 Å². The normalized spacial score (nSPS) is 10.9. The van der Waals surface area contributed by atoms with Crippen molar-refractivity contribution >= 4 is 12.4 Å². The van der Waals surface area contributed by atoms with Gasteiger partial charge in [-0.05, 0) is 20.8 Å². The number of ether oxygens (including phenoxy) is 1. The molecule has 0 aliphatic rings. The monoisotopic (exact) mass is 226 g/mol. The van der Waals surface area contributed by atoms with E-state index in [1.54, 1.807) is 20.8 Å². The number of carbonyl (C=O) groups is 2. The zero-order valence-corrected chi connectivity index (χ0v) is 9.44. The lowest BCUT2D eigenvalue weighted by atomic mass is 10.2. The standard InChI is InChI=1S/C10H14N2O4/c1-10(2,3)16-9(14)11-4-7-6-15-8(5-13)12-7/h5-6H,4H2,1-3H3,(H,11,14). The minimum Gasteiger partial charge on any atom is -0.444 e. The number of hydrogen-bond acceptors (Lipinski definition) is 5. The summed E-state index contributed by atoms with van der Waals surface area (Å²) in [7, 11) is 0. The first-order chi connectivity index (χ1) is 7.40. The lowest BCUT2D eigenvalue weighted by Crippen LogP contribution is -2.32. The average Bonchev–Trinajstić information content (AvgIpc) is 2.59. The molecular weight excluding hydrogens is 212 g/mol. The van der Waals surface area contributed by atoms with Gasteiger partial charge in [0.15, 0.2) is 0 Å². The third kappa shape index (κ3) is 4.12. The predicted octanol–water partition coefficient (Wildman–Crippen LogP) is 1.51. The fourth-order valence-corrected chi connectivity index (χ4v) is 0.935. The number of oxazole rings is 1. The summed E-state index contributed by atoms with van der Waals surface area (Å²) in [5.74, 6) is -0.0130. The van der Waals surface area contributed by atoms with E-state index in [1.165, 1.54) is 6.26 Å². The van der Waals surface area contributed by atoms with Crippen LogP contribution in [-0.4, -0.2) is 23.0 Å². The van der Waals surface area contributed by atoms with E-state index in [2.05, 4.69) is 10.3 Å². The summed E-state index contributed by atoms with van der Waals surface area (Å²) in [6, 6.07) is 0. The van der Waals surface area contributed by atoms with Crippen LogP contribution in [0, 0.1) is 0 Å². The Bertz CT molecular complexity index is 378. The summed E-state index contributed by atoms with van der Waals surface area (Å²) in [5.41, 5.74) is -0.0741. The molecule has 16 heavy (non-hydrogen) atoms. The third-order valence-electron chi connectivity index (χ3n) is 1.48. The summed E-state index contributed by atoms with van der Waals surface area (Å²) in [4.78, 5) is 25.3. The average molecular weight is 226 g/mol. The number of alkyl carbamates (subject to hydrolysis) is 1. The van der Waals surface area contributed by atoms with Crippen molar-refractivity contribution in [3.8, 4) is 0 Å². The zero-order chi connectivity index (χ0) is 12.2. The molecule has 0 unspecified atom stereocenters. The number of nitrogens with zero attached hydrogens (tertiary/aromatic N) is 1. The molecule has 1 rings (SSSR count). The third-order valence-corrected chi connectivity index (χ3v) is 1.48.